The van der Waals surface area contributed by atoms with Gasteiger partial charge in [-0.05, 0) is 66.6 Å². The van der Waals surface area contributed by atoms with Crippen molar-refractivity contribution in [1.82, 2.24) is 0 Å². The summed E-state index contributed by atoms with van der Waals surface area (Å²) in [6, 6.07) is 19.2. The summed E-state index contributed by atoms with van der Waals surface area (Å²) >= 11 is 3.64. The number of anilines is 1. The van der Waals surface area contributed by atoms with Gasteiger partial charge in [-0.15, -0.1) is 6.58 Å². The molecule has 3 aromatic carbocycles. The summed E-state index contributed by atoms with van der Waals surface area (Å²) in [5.41, 5.74) is 2.78. The molecule has 0 saturated heterocycles. The number of hydrogen-bond acceptors (Lipinski definition) is 2. The van der Waals surface area contributed by atoms with E-state index in [1.54, 1.807) is 0 Å². The zero-order valence-electron chi connectivity index (χ0n) is 16.1. The van der Waals surface area contributed by atoms with Crippen LogP contribution >= 0.6 is 15.9 Å². The topological polar surface area (TPSA) is 12.5 Å². The zero-order valence-corrected chi connectivity index (χ0v) is 17.7. The van der Waals surface area contributed by atoms with Crippen molar-refractivity contribution in [2.45, 2.75) is 25.0 Å². The highest BCUT2D eigenvalue weighted by Gasteiger charge is 2.58. The van der Waals surface area contributed by atoms with Crippen LogP contribution in [0.3, 0.4) is 0 Å². The molecular weight excluding hydrogens is 410 g/mol. The largest absolute Gasteiger partial charge is 0.463 e. The highest BCUT2D eigenvalue weighted by molar-refractivity contribution is 9.10. The SMILES string of the molecule is C=CCN1c2ccc(Br)cc2C(C)(C)[C@@]12C=Cc1c(ccc3ccccc13)O2. The summed E-state index contributed by atoms with van der Waals surface area (Å²) in [7, 11) is 0. The second-order valence-electron chi connectivity index (χ2n) is 8.02. The molecule has 0 saturated carbocycles. The van der Waals surface area contributed by atoms with E-state index in [1.807, 2.05) is 6.08 Å². The molecule has 0 bridgehead atoms. The van der Waals surface area contributed by atoms with Crippen molar-refractivity contribution in [3.63, 3.8) is 0 Å². The Morgan fingerprint density at radius 3 is 2.75 bits per heavy atom. The van der Waals surface area contributed by atoms with E-state index in [2.05, 4.69) is 108 Å². The van der Waals surface area contributed by atoms with Crippen molar-refractivity contribution in [2.24, 2.45) is 0 Å². The molecule has 5 rings (SSSR count). The Labute approximate surface area is 174 Å². The molecule has 1 spiro atoms. The molecule has 3 aromatic rings. The van der Waals surface area contributed by atoms with Crippen molar-refractivity contribution in [3.05, 3.63) is 88.9 Å². The fourth-order valence-corrected chi connectivity index (χ4v) is 5.09. The Morgan fingerprint density at radius 1 is 1.11 bits per heavy atom. The maximum absolute atomic E-state index is 6.87. The van der Waals surface area contributed by atoms with Crippen LogP contribution in [0.1, 0.15) is 25.0 Å². The molecule has 0 N–H and O–H groups in total. The number of fused-ring (bicyclic) bond motifs is 4. The van der Waals surface area contributed by atoms with Gasteiger partial charge in [0.25, 0.3) is 0 Å². The first-order valence-electron chi connectivity index (χ1n) is 9.56. The predicted octanol–water partition coefficient (Wildman–Crippen LogP) is 6.69. The van der Waals surface area contributed by atoms with Crippen LogP contribution in [0.15, 0.2) is 77.8 Å². The number of halogens is 1. The molecule has 0 radical (unpaired) electrons. The average Bonchev–Trinajstić information content (AvgIpc) is 2.86. The highest BCUT2D eigenvalue weighted by atomic mass is 79.9. The lowest BCUT2D eigenvalue weighted by atomic mass is 9.76. The predicted molar refractivity (Wildman–Crippen MR) is 121 cm³/mol. The van der Waals surface area contributed by atoms with E-state index in [0.29, 0.717) is 6.54 Å². The smallest absolute Gasteiger partial charge is 0.212 e. The van der Waals surface area contributed by atoms with E-state index < -0.39 is 5.72 Å². The molecule has 2 nitrogen and oxygen atoms in total. The molecule has 0 aliphatic carbocycles. The first-order chi connectivity index (χ1) is 13.5. The van der Waals surface area contributed by atoms with Crippen LogP contribution in [-0.2, 0) is 5.41 Å². The van der Waals surface area contributed by atoms with E-state index >= 15 is 0 Å². The molecule has 2 heterocycles. The van der Waals surface area contributed by atoms with Gasteiger partial charge in [0, 0.05) is 22.3 Å². The minimum Gasteiger partial charge on any atom is -0.463 e. The quantitative estimate of drug-likeness (QED) is 0.419. The van der Waals surface area contributed by atoms with Crippen molar-refractivity contribution >= 4 is 38.5 Å². The Bertz CT molecular complexity index is 1150. The van der Waals surface area contributed by atoms with Crippen LogP contribution in [0.25, 0.3) is 16.8 Å². The van der Waals surface area contributed by atoms with Crippen LogP contribution in [0.4, 0.5) is 5.69 Å². The Hall–Kier alpha value is -2.52. The van der Waals surface area contributed by atoms with Gasteiger partial charge in [0.1, 0.15) is 5.75 Å². The molecule has 2 aliphatic rings. The average molecular weight is 432 g/mol. The first-order valence-corrected chi connectivity index (χ1v) is 10.4. The number of ether oxygens (including phenoxy) is 1. The van der Waals surface area contributed by atoms with Crippen molar-refractivity contribution < 1.29 is 4.74 Å². The van der Waals surface area contributed by atoms with E-state index in [1.165, 1.54) is 22.0 Å². The minimum absolute atomic E-state index is 0.241. The van der Waals surface area contributed by atoms with Crippen LogP contribution in [0.5, 0.6) is 5.75 Å². The molecule has 0 unspecified atom stereocenters. The lowest BCUT2D eigenvalue weighted by Crippen LogP contribution is -2.59. The number of hydrogen-bond donors (Lipinski definition) is 0. The third-order valence-corrected chi connectivity index (χ3v) is 6.70. The summed E-state index contributed by atoms with van der Waals surface area (Å²) < 4.78 is 7.95. The monoisotopic (exact) mass is 431 g/mol. The molecule has 0 aromatic heterocycles. The van der Waals surface area contributed by atoms with Crippen molar-refractivity contribution in [2.75, 3.05) is 11.4 Å². The number of rotatable bonds is 2. The van der Waals surface area contributed by atoms with E-state index in [4.69, 9.17) is 4.74 Å². The van der Waals surface area contributed by atoms with E-state index in [9.17, 15) is 0 Å². The van der Waals surface area contributed by atoms with Crippen molar-refractivity contribution in [1.29, 1.82) is 0 Å². The standard InChI is InChI=1S/C25H22BrNO/c1-4-15-27-22-11-10-18(26)16-21(22)24(2,3)25(27)14-13-20-19-8-6-5-7-17(19)9-12-23(20)28-25/h4-14,16H,1,15H2,2-3H3/t25-/m0/s1. The number of benzene rings is 3. The molecule has 140 valence electrons. The summed E-state index contributed by atoms with van der Waals surface area (Å²) in [5.74, 6) is 0.926. The van der Waals surface area contributed by atoms with E-state index in [-0.39, 0.29) is 5.41 Å². The van der Waals surface area contributed by atoms with Gasteiger partial charge in [0.2, 0.25) is 5.72 Å². The third kappa shape index (κ3) is 2.20. The summed E-state index contributed by atoms with van der Waals surface area (Å²) in [6.07, 6.45) is 6.42. The molecule has 2 aliphatic heterocycles. The lowest BCUT2D eigenvalue weighted by molar-refractivity contribution is 0.0557. The molecule has 0 amide bonds. The van der Waals surface area contributed by atoms with E-state index in [0.717, 1.165) is 15.8 Å². The minimum atomic E-state index is -0.597. The molecule has 0 fully saturated rings. The van der Waals surface area contributed by atoms with Gasteiger partial charge in [-0.25, -0.2) is 0 Å². The summed E-state index contributed by atoms with van der Waals surface area (Å²) in [4.78, 5) is 2.33. The van der Waals surface area contributed by atoms with Gasteiger partial charge in [0.15, 0.2) is 0 Å². The number of nitrogens with zero attached hydrogens (tertiary/aromatic N) is 1. The highest BCUT2D eigenvalue weighted by Crippen LogP contribution is 2.55. The van der Waals surface area contributed by atoms with Crippen LogP contribution < -0.4 is 9.64 Å². The molecule has 28 heavy (non-hydrogen) atoms. The molecule has 1 atom stereocenters. The lowest BCUT2D eigenvalue weighted by Gasteiger charge is -2.47. The maximum Gasteiger partial charge on any atom is 0.212 e. The molecular formula is C25H22BrNO. The van der Waals surface area contributed by atoms with Crippen molar-refractivity contribution in [3.8, 4) is 5.75 Å². The Morgan fingerprint density at radius 2 is 1.93 bits per heavy atom. The van der Waals surface area contributed by atoms with Crippen LogP contribution in [0.2, 0.25) is 0 Å². The van der Waals surface area contributed by atoms with Gasteiger partial charge in [0.05, 0.1) is 5.41 Å². The van der Waals surface area contributed by atoms with Gasteiger partial charge < -0.3 is 9.64 Å². The Kier molecular flexibility index (Phi) is 3.76. The second-order valence-corrected chi connectivity index (χ2v) is 8.93. The van der Waals surface area contributed by atoms with Gasteiger partial charge >= 0.3 is 0 Å². The van der Waals surface area contributed by atoms with Gasteiger partial charge in [-0.3, -0.25) is 0 Å². The fraction of sp³-hybridized carbons (Fsp3) is 0.200. The third-order valence-electron chi connectivity index (χ3n) is 6.20. The first kappa shape index (κ1) is 17.6. The van der Waals surface area contributed by atoms with Gasteiger partial charge in [-0.1, -0.05) is 52.3 Å². The summed E-state index contributed by atoms with van der Waals surface area (Å²) in [6.45, 7) is 9.23. The second kappa shape index (κ2) is 5.99. The van der Waals surface area contributed by atoms with Crippen LogP contribution in [-0.4, -0.2) is 12.3 Å². The normalized spacial score (nSPS) is 21.5. The Balaban J connectivity index is 1.73. The fourth-order valence-electron chi connectivity index (χ4n) is 4.73. The zero-order chi connectivity index (χ0) is 19.5. The maximum atomic E-state index is 6.87. The summed E-state index contributed by atoms with van der Waals surface area (Å²) in [5, 5.41) is 2.45. The molecule has 3 heteroatoms. The van der Waals surface area contributed by atoms with Gasteiger partial charge in [-0.2, -0.15) is 0 Å². The van der Waals surface area contributed by atoms with Crippen LogP contribution in [0, 0.1) is 0 Å².